The van der Waals surface area contributed by atoms with Crippen LogP contribution in [0.25, 0.3) is 0 Å². The molecule has 3 aromatic rings. The number of thioether (sulfide) groups is 1. The second-order valence-electron chi connectivity index (χ2n) is 9.08. The van der Waals surface area contributed by atoms with Gasteiger partial charge in [-0.3, -0.25) is 4.79 Å². The van der Waals surface area contributed by atoms with E-state index < -0.39 is 30.1 Å². The number of nitrogens with one attached hydrogen (secondary N) is 2. The highest BCUT2D eigenvalue weighted by atomic mass is 32.2. The topological polar surface area (TPSA) is 93.7 Å². The fourth-order valence-corrected chi connectivity index (χ4v) is 4.55. The molecule has 3 aromatic carbocycles. The molecular weight excluding hydrogens is 500 g/mol. The number of carbonyl (C=O) groups excluding carboxylic acids is 3. The summed E-state index contributed by atoms with van der Waals surface area (Å²) in [5.74, 6) is -0.259. The number of benzene rings is 3. The summed E-state index contributed by atoms with van der Waals surface area (Å²) in [6.45, 7) is 3.85. The predicted octanol–water partition coefficient (Wildman–Crippen LogP) is 5.10. The maximum Gasteiger partial charge on any atom is 0.408 e. The Hall–Kier alpha value is -3.78. The van der Waals surface area contributed by atoms with Crippen LogP contribution in [0.4, 0.5) is 4.79 Å². The zero-order valence-electron chi connectivity index (χ0n) is 21.7. The molecule has 0 saturated carbocycles. The molecule has 2 N–H and O–H groups in total. The monoisotopic (exact) mass is 534 g/mol. The minimum absolute atomic E-state index is 0.0819. The van der Waals surface area contributed by atoms with Gasteiger partial charge in [-0.15, -0.1) is 0 Å². The summed E-state index contributed by atoms with van der Waals surface area (Å²) in [5, 5.41) is 5.45. The first-order chi connectivity index (χ1) is 18.4. The minimum Gasteiger partial charge on any atom is -0.459 e. The van der Waals surface area contributed by atoms with Crippen molar-refractivity contribution in [1.82, 2.24) is 10.6 Å². The number of carbonyl (C=O) groups is 3. The molecule has 0 bridgehead atoms. The Bertz CT molecular complexity index is 1140. The van der Waals surface area contributed by atoms with Crippen molar-refractivity contribution in [3.63, 3.8) is 0 Å². The Balaban J connectivity index is 1.61. The molecule has 0 saturated heterocycles. The van der Waals surface area contributed by atoms with Crippen LogP contribution < -0.4 is 10.6 Å². The lowest BCUT2D eigenvalue weighted by Crippen LogP contribution is -2.54. The molecule has 3 rings (SSSR count). The highest BCUT2D eigenvalue weighted by molar-refractivity contribution is 7.98. The molecule has 0 aliphatic carbocycles. The number of amides is 2. The molecule has 2 amide bonds. The SMILES string of the molecule is CC(C)[C@H](NC(=O)[C@H](CSCc1ccccc1)NC(=O)OCc1ccccc1)C(=O)OCc1ccccc1. The molecule has 0 aromatic heterocycles. The van der Waals surface area contributed by atoms with E-state index in [1.807, 2.05) is 105 Å². The van der Waals surface area contributed by atoms with Gasteiger partial charge in [-0.25, -0.2) is 9.59 Å². The van der Waals surface area contributed by atoms with Crippen LogP contribution in [0, 0.1) is 5.92 Å². The first-order valence-electron chi connectivity index (χ1n) is 12.5. The van der Waals surface area contributed by atoms with E-state index in [2.05, 4.69) is 10.6 Å². The number of alkyl carbamates (subject to hydrolysis) is 1. The summed E-state index contributed by atoms with van der Waals surface area (Å²) >= 11 is 1.50. The van der Waals surface area contributed by atoms with Gasteiger partial charge in [0.1, 0.15) is 25.3 Å². The molecule has 7 nitrogen and oxygen atoms in total. The van der Waals surface area contributed by atoms with Crippen LogP contribution in [0.3, 0.4) is 0 Å². The van der Waals surface area contributed by atoms with Gasteiger partial charge in [0.05, 0.1) is 0 Å². The Morgan fingerprint density at radius 1 is 0.711 bits per heavy atom. The Morgan fingerprint density at radius 2 is 1.21 bits per heavy atom. The van der Waals surface area contributed by atoms with Gasteiger partial charge in [0, 0.05) is 11.5 Å². The molecule has 0 aliphatic heterocycles. The van der Waals surface area contributed by atoms with Crippen LogP contribution in [0.5, 0.6) is 0 Å². The zero-order chi connectivity index (χ0) is 27.2. The first-order valence-corrected chi connectivity index (χ1v) is 13.7. The third-order valence-electron chi connectivity index (χ3n) is 5.66. The Kier molecular flexibility index (Phi) is 11.7. The van der Waals surface area contributed by atoms with Crippen molar-refractivity contribution in [3.8, 4) is 0 Å². The predicted molar refractivity (Wildman–Crippen MR) is 149 cm³/mol. The molecule has 0 fully saturated rings. The van der Waals surface area contributed by atoms with E-state index in [1.54, 1.807) is 0 Å². The van der Waals surface area contributed by atoms with Gasteiger partial charge >= 0.3 is 12.1 Å². The third-order valence-corrected chi connectivity index (χ3v) is 6.77. The van der Waals surface area contributed by atoms with E-state index in [9.17, 15) is 14.4 Å². The molecule has 0 heterocycles. The number of rotatable bonds is 13. The highest BCUT2D eigenvalue weighted by Crippen LogP contribution is 2.14. The van der Waals surface area contributed by atoms with Gasteiger partial charge in [0.15, 0.2) is 0 Å². The van der Waals surface area contributed by atoms with E-state index in [0.717, 1.165) is 16.7 Å². The lowest BCUT2D eigenvalue weighted by atomic mass is 10.0. The van der Waals surface area contributed by atoms with Gasteiger partial charge in [0.2, 0.25) is 5.91 Å². The molecule has 0 spiro atoms. The summed E-state index contributed by atoms with van der Waals surface area (Å²) in [6, 6.07) is 26.7. The summed E-state index contributed by atoms with van der Waals surface area (Å²) in [6.07, 6.45) is -0.706. The second-order valence-corrected chi connectivity index (χ2v) is 10.1. The lowest BCUT2D eigenvalue weighted by molar-refractivity contribution is -0.150. The quantitative estimate of drug-likeness (QED) is 0.297. The largest absolute Gasteiger partial charge is 0.459 e. The third kappa shape index (κ3) is 9.94. The van der Waals surface area contributed by atoms with Crippen molar-refractivity contribution < 1.29 is 23.9 Å². The normalized spacial score (nSPS) is 12.3. The molecule has 200 valence electrons. The minimum atomic E-state index is -0.907. The summed E-state index contributed by atoms with van der Waals surface area (Å²) < 4.78 is 10.8. The smallest absolute Gasteiger partial charge is 0.408 e. The summed E-state index contributed by atoms with van der Waals surface area (Å²) in [5.41, 5.74) is 2.80. The van der Waals surface area contributed by atoms with Crippen molar-refractivity contribution in [1.29, 1.82) is 0 Å². The average molecular weight is 535 g/mol. The van der Waals surface area contributed by atoms with E-state index in [-0.39, 0.29) is 19.1 Å². The fourth-order valence-electron chi connectivity index (χ4n) is 3.53. The van der Waals surface area contributed by atoms with Gasteiger partial charge in [-0.1, -0.05) is 105 Å². The van der Waals surface area contributed by atoms with Crippen molar-refractivity contribution in [2.24, 2.45) is 5.92 Å². The average Bonchev–Trinajstić information content (AvgIpc) is 2.94. The Morgan fingerprint density at radius 3 is 1.74 bits per heavy atom. The van der Waals surface area contributed by atoms with Crippen LogP contribution in [-0.4, -0.2) is 35.8 Å². The number of hydrogen-bond acceptors (Lipinski definition) is 6. The van der Waals surface area contributed by atoms with Crippen molar-refractivity contribution in [3.05, 3.63) is 108 Å². The van der Waals surface area contributed by atoms with E-state index in [0.29, 0.717) is 11.5 Å². The highest BCUT2D eigenvalue weighted by Gasteiger charge is 2.30. The molecule has 8 heteroatoms. The van der Waals surface area contributed by atoms with Crippen LogP contribution in [-0.2, 0) is 38.0 Å². The molecule has 2 atom stereocenters. The van der Waals surface area contributed by atoms with Crippen molar-refractivity contribution in [2.45, 2.75) is 44.9 Å². The van der Waals surface area contributed by atoms with Crippen molar-refractivity contribution >= 4 is 29.7 Å². The first kappa shape index (κ1) is 28.8. The molecule has 0 radical (unpaired) electrons. The second kappa shape index (κ2) is 15.5. The summed E-state index contributed by atoms with van der Waals surface area (Å²) in [4.78, 5) is 38.7. The maximum absolute atomic E-state index is 13.3. The van der Waals surface area contributed by atoms with Gasteiger partial charge < -0.3 is 20.1 Å². The van der Waals surface area contributed by atoms with Crippen LogP contribution in [0.15, 0.2) is 91.0 Å². The number of hydrogen-bond donors (Lipinski definition) is 2. The van der Waals surface area contributed by atoms with E-state index >= 15 is 0 Å². The van der Waals surface area contributed by atoms with Crippen LogP contribution in [0.1, 0.15) is 30.5 Å². The van der Waals surface area contributed by atoms with Crippen LogP contribution >= 0.6 is 11.8 Å². The Labute approximate surface area is 228 Å². The molecule has 38 heavy (non-hydrogen) atoms. The van der Waals surface area contributed by atoms with Crippen LogP contribution in [0.2, 0.25) is 0 Å². The molecular formula is C30H34N2O5S. The summed E-state index contributed by atoms with van der Waals surface area (Å²) in [7, 11) is 0. The number of esters is 1. The fraction of sp³-hybridized carbons (Fsp3) is 0.300. The number of ether oxygens (including phenoxy) is 2. The van der Waals surface area contributed by atoms with E-state index in [4.69, 9.17) is 9.47 Å². The standard InChI is InChI=1S/C30H34N2O5S/c1-22(2)27(29(34)36-18-23-12-6-3-7-13-23)32-28(33)26(21-38-20-25-16-10-5-11-17-25)31-30(35)37-19-24-14-8-4-9-15-24/h3-17,22,26-27H,18-21H2,1-2H3,(H,31,35)(H,32,33)/t26-,27-/m0/s1. The van der Waals surface area contributed by atoms with Crippen molar-refractivity contribution in [2.75, 3.05) is 5.75 Å². The zero-order valence-corrected chi connectivity index (χ0v) is 22.5. The molecule has 0 unspecified atom stereocenters. The van der Waals surface area contributed by atoms with E-state index in [1.165, 1.54) is 11.8 Å². The van der Waals surface area contributed by atoms with Gasteiger partial charge in [-0.2, -0.15) is 11.8 Å². The van der Waals surface area contributed by atoms with Gasteiger partial charge in [-0.05, 0) is 22.6 Å². The molecule has 0 aliphatic rings. The maximum atomic E-state index is 13.3. The lowest BCUT2D eigenvalue weighted by Gasteiger charge is -2.24. The van der Waals surface area contributed by atoms with Gasteiger partial charge in [0.25, 0.3) is 0 Å².